The molecule has 0 fully saturated rings. The number of halogens is 2. The van der Waals surface area contributed by atoms with E-state index in [0.29, 0.717) is 0 Å². The van der Waals surface area contributed by atoms with E-state index in [4.69, 9.17) is 0 Å². The molecule has 0 heterocycles. The number of hydrogen-bond donors (Lipinski definition) is 0. The van der Waals surface area contributed by atoms with E-state index in [-0.39, 0.29) is 51.0 Å². The molecule has 2 aliphatic carbocycles. The van der Waals surface area contributed by atoms with Crippen LogP contribution in [-0.4, -0.2) is 0 Å². The number of aryl methyl sites for hydroxylation is 2. The molecule has 2 aliphatic rings. The van der Waals surface area contributed by atoms with Gasteiger partial charge in [0.1, 0.15) is 0 Å². The van der Waals surface area contributed by atoms with Gasteiger partial charge in [-0.2, -0.15) is 34.4 Å². The molecule has 0 amide bonds. The molecule has 0 bridgehead atoms. The molecule has 19 heavy (non-hydrogen) atoms. The van der Waals surface area contributed by atoms with E-state index in [2.05, 4.69) is 32.1 Å². The molecule has 0 atom stereocenters. The first-order valence-electron chi connectivity index (χ1n) is 6.25. The zero-order chi connectivity index (χ0) is 11.4. The van der Waals surface area contributed by atoms with Crippen molar-refractivity contribution >= 4 is 24.8 Å². The van der Waals surface area contributed by atoms with Crippen LogP contribution < -0.4 is 0 Å². The van der Waals surface area contributed by atoms with Gasteiger partial charge in [0.05, 0.1) is 0 Å². The summed E-state index contributed by atoms with van der Waals surface area (Å²) < 4.78 is 0. The van der Waals surface area contributed by atoms with Gasteiger partial charge in [-0.1, -0.05) is 39.5 Å². The molecule has 0 nitrogen and oxygen atoms in total. The van der Waals surface area contributed by atoms with Gasteiger partial charge in [-0.05, 0) is 0 Å². The average molecular weight is 376 g/mol. The first-order valence-corrected chi connectivity index (χ1v) is 6.25. The van der Waals surface area contributed by atoms with Gasteiger partial charge < -0.3 is 0 Å². The normalized spacial score (nSPS) is 14.2. The van der Waals surface area contributed by atoms with E-state index in [1.54, 1.807) is 11.1 Å². The van der Waals surface area contributed by atoms with Crippen LogP contribution in [0.2, 0.25) is 0 Å². The number of hydrogen-bond acceptors (Lipinski definition) is 0. The van der Waals surface area contributed by atoms with Crippen LogP contribution in [0.4, 0.5) is 0 Å². The maximum Gasteiger partial charge on any atom is 2.00 e. The molecule has 1 aromatic carbocycles. The first kappa shape index (κ1) is 21.6. The fraction of sp³-hybridized carbons (Fsp3) is 0.438. The third-order valence-electron chi connectivity index (χ3n) is 3.44. The second-order valence-electron chi connectivity index (χ2n) is 4.68. The predicted molar refractivity (Wildman–Crippen MR) is 84.2 cm³/mol. The average Bonchev–Trinajstić information content (AvgIpc) is 2.94. The van der Waals surface area contributed by atoms with Crippen molar-refractivity contribution in [1.29, 1.82) is 0 Å². The van der Waals surface area contributed by atoms with E-state index < -0.39 is 0 Å². The summed E-state index contributed by atoms with van der Waals surface area (Å²) in [6, 6.07) is 2.34. The zero-order valence-electron chi connectivity index (χ0n) is 11.7. The molecule has 0 saturated heterocycles. The fourth-order valence-corrected chi connectivity index (χ4v) is 2.61. The van der Waals surface area contributed by atoms with Gasteiger partial charge in [-0.3, -0.25) is 6.08 Å². The SMILES string of the molecule is Cc1c[c-](C)c2c1CCCC2.Cl.Cl.[C-]1=CC=CC1.[Zr+2]. The Balaban J connectivity index is 0. The molecular weight excluding hydrogens is 354 g/mol. The molecule has 0 saturated carbocycles. The Kier molecular flexibility index (Phi) is 12.5. The van der Waals surface area contributed by atoms with E-state index >= 15 is 0 Å². The van der Waals surface area contributed by atoms with Gasteiger partial charge in [0.25, 0.3) is 0 Å². The van der Waals surface area contributed by atoms with Crippen molar-refractivity contribution in [3.05, 3.63) is 52.6 Å². The summed E-state index contributed by atoms with van der Waals surface area (Å²) in [7, 11) is 0. The van der Waals surface area contributed by atoms with E-state index in [9.17, 15) is 0 Å². The van der Waals surface area contributed by atoms with Crippen LogP contribution in [0.25, 0.3) is 0 Å². The van der Waals surface area contributed by atoms with Gasteiger partial charge in [0.2, 0.25) is 0 Å². The summed E-state index contributed by atoms with van der Waals surface area (Å²) in [5.74, 6) is 0. The van der Waals surface area contributed by atoms with Crippen LogP contribution in [0.15, 0.2) is 24.3 Å². The maximum absolute atomic E-state index is 2.99. The van der Waals surface area contributed by atoms with E-state index in [1.807, 2.05) is 12.2 Å². The van der Waals surface area contributed by atoms with Crippen molar-refractivity contribution in [2.45, 2.75) is 46.0 Å². The fourth-order valence-electron chi connectivity index (χ4n) is 2.61. The van der Waals surface area contributed by atoms with Gasteiger partial charge in [-0.25, -0.2) is 12.2 Å². The molecular formula is C16H22Cl2Zr. The smallest absolute Gasteiger partial charge is 0.273 e. The Hall–Kier alpha value is 0.293. The molecule has 0 radical (unpaired) electrons. The summed E-state index contributed by atoms with van der Waals surface area (Å²) in [5.41, 5.74) is 6.37. The van der Waals surface area contributed by atoms with Gasteiger partial charge >= 0.3 is 26.2 Å². The maximum atomic E-state index is 2.99. The van der Waals surface area contributed by atoms with Crippen molar-refractivity contribution in [2.24, 2.45) is 0 Å². The molecule has 0 aliphatic heterocycles. The third-order valence-corrected chi connectivity index (χ3v) is 3.44. The Bertz CT molecular complexity index is 380. The van der Waals surface area contributed by atoms with Gasteiger partial charge in [0.15, 0.2) is 0 Å². The number of allylic oxidation sites excluding steroid dienone is 4. The second kappa shape index (κ2) is 11.0. The van der Waals surface area contributed by atoms with Gasteiger partial charge in [0, 0.05) is 0 Å². The minimum absolute atomic E-state index is 0. The van der Waals surface area contributed by atoms with Crippen molar-refractivity contribution < 1.29 is 26.2 Å². The standard InChI is InChI=1S/C11H15.C5H5.2ClH.Zr/c1-8-7-9(2)11-6-4-3-5-10(8)11;1-2-4-5-3-1;;;/h7H,3-6H2,1-2H3;1-3H,4H2;2*1H;/q2*-1;;;+2. The molecule has 104 valence electrons. The minimum atomic E-state index is 0. The minimum Gasteiger partial charge on any atom is -0.273 e. The van der Waals surface area contributed by atoms with Gasteiger partial charge in [-0.15, -0.1) is 31.2 Å². The molecule has 3 rings (SSSR count). The van der Waals surface area contributed by atoms with Crippen LogP contribution in [-0.2, 0) is 39.0 Å². The van der Waals surface area contributed by atoms with Crippen LogP contribution in [0.3, 0.4) is 0 Å². The topological polar surface area (TPSA) is 0 Å². The van der Waals surface area contributed by atoms with E-state index in [0.717, 1.165) is 6.42 Å². The molecule has 0 unspecified atom stereocenters. The Morgan fingerprint density at radius 1 is 1.16 bits per heavy atom. The third kappa shape index (κ3) is 6.07. The Labute approximate surface area is 149 Å². The molecule has 3 heteroatoms. The van der Waals surface area contributed by atoms with Crippen LogP contribution >= 0.6 is 24.8 Å². The van der Waals surface area contributed by atoms with Crippen molar-refractivity contribution in [1.82, 2.24) is 0 Å². The summed E-state index contributed by atoms with van der Waals surface area (Å²) in [5, 5.41) is 0. The van der Waals surface area contributed by atoms with Crippen molar-refractivity contribution in [2.75, 3.05) is 0 Å². The summed E-state index contributed by atoms with van der Waals surface area (Å²) in [4.78, 5) is 0. The predicted octanol–water partition coefficient (Wildman–Crippen LogP) is 5.05. The van der Waals surface area contributed by atoms with Crippen molar-refractivity contribution in [3.63, 3.8) is 0 Å². The summed E-state index contributed by atoms with van der Waals surface area (Å²) in [6.45, 7) is 4.49. The van der Waals surface area contributed by atoms with Crippen LogP contribution in [0, 0.1) is 19.9 Å². The molecule has 0 N–H and O–H groups in total. The van der Waals surface area contributed by atoms with Crippen molar-refractivity contribution in [3.8, 4) is 0 Å². The zero-order valence-corrected chi connectivity index (χ0v) is 15.8. The quantitative estimate of drug-likeness (QED) is 0.556. The second-order valence-corrected chi connectivity index (χ2v) is 4.68. The monoisotopic (exact) mass is 374 g/mol. The van der Waals surface area contributed by atoms with Crippen LogP contribution in [0.1, 0.15) is 41.5 Å². The molecule has 1 aromatic rings. The largest absolute Gasteiger partial charge is 2.00 e. The molecule has 0 aromatic heterocycles. The Morgan fingerprint density at radius 2 is 1.84 bits per heavy atom. The Morgan fingerprint density at radius 3 is 2.32 bits per heavy atom. The molecule has 0 spiro atoms. The summed E-state index contributed by atoms with van der Waals surface area (Å²) >= 11 is 0. The first-order chi connectivity index (χ1) is 7.79. The summed E-state index contributed by atoms with van der Waals surface area (Å²) in [6.07, 6.45) is 15.5. The van der Waals surface area contributed by atoms with E-state index in [1.165, 1.54) is 36.8 Å². The van der Waals surface area contributed by atoms with Crippen LogP contribution in [0.5, 0.6) is 0 Å². The number of rotatable bonds is 0. The number of fused-ring (bicyclic) bond motifs is 1.